The van der Waals surface area contributed by atoms with Gasteiger partial charge in [-0.25, -0.2) is 0 Å². The van der Waals surface area contributed by atoms with E-state index in [-0.39, 0.29) is 11.0 Å². The first-order chi connectivity index (χ1) is 8.77. The topological polar surface area (TPSA) is 37.3 Å². The van der Waals surface area contributed by atoms with Crippen molar-refractivity contribution in [3.8, 4) is 0 Å². The van der Waals surface area contributed by atoms with Crippen LogP contribution in [-0.2, 0) is 4.79 Å². The van der Waals surface area contributed by atoms with Gasteiger partial charge in [0.1, 0.15) is 0 Å². The largest absolute Gasteiger partial charge is 0.481 e. The van der Waals surface area contributed by atoms with Crippen molar-refractivity contribution in [1.29, 1.82) is 0 Å². The van der Waals surface area contributed by atoms with E-state index in [0.717, 1.165) is 11.1 Å². The molecule has 0 aliphatic heterocycles. The predicted molar refractivity (Wildman–Crippen MR) is 74.8 cm³/mol. The van der Waals surface area contributed by atoms with Gasteiger partial charge in [-0.05, 0) is 11.1 Å². The van der Waals surface area contributed by atoms with E-state index < -0.39 is 5.97 Å². The molecule has 0 unspecified atom stereocenters. The minimum Gasteiger partial charge on any atom is -0.481 e. The van der Waals surface area contributed by atoms with E-state index in [0.29, 0.717) is 0 Å². The summed E-state index contributed by atoms with van der Waals surface area (Å²) in [6.07, 6.45) is 0. The molecule has 1 N–H and O–H groups in total. The summed E-state index contributed by atoms with van der Waals surface area (Å²) in [5, 5.41) is 8.91. The number of thioether (sulfide) groups is 1. The van der Waals surface area contributed by atoms with Gasteiger partial charge in [0.25, 0.3) is 0 Å². The number of rotatable bonds is 5. The third-order valence-electron chi connectivity index (χ3n) is 2.58. The van der Waals surface area contributed by atoms with Crippen LogP contribution in [0.2, 0.25) is 0 Å². The minimum absolute atomic E-state index is 0.0727. The second kappa shape index (κ2) is 6.26. The average molecular weight is 258 g/mol. The lowest BCUT2D eigenvalue weighted by Crippen LogP contribution is -2.03. The van der Waals surface area contributed by atoms with Crippen molar-refractivity contribution in [3.63, 3.8) is 0 Å². The lowest BCUT2D eigenvalue weighted by Gasteiger charge is -2.16. The van der Waals surface area contributed by atoms with Gasteiger partial charge in [-0.2, -0.15) is 0 Å². The van der Waals surface area contributed by atoms with Gasteiger partial charge in [0, 0.05) is 0 Å². The molecule has 2 nitrogen and oxygen atoms in total. The van der Waals surface area contributed by atoms with Crippen LogP contribution >= 0.6 is 11.8 Å². The van der Waals surface area contributed by atoms with Crippen molar-refractivity contribution in [3.05, 3.63) is 71.8 Å². The molecule has 2 aromatic rings. The number of aliphatic carboxylic acids is 1. The number of carbonyl (C=O) groups is 1. The van der Waals surface area contributed by atoms with Crippen LogP contribution in [0.25, 0.3) is 0 Å². The Labute approximate surface area is 111 Å². The Bertz CT molecular complexity index is 457. The van der Waals surface area contributed by atoms with Crippen LogP contribution in [0.15, 0.2) is 60.7 Å². The predicted octanol–water partition coefficient (Wildman–Crippen LogP) is 3.59. The number of carboxylic acids is 1. The van der Waals surface area contributed by atoms with Gasteiger partial charge in [0.15, 0.2) is 0 Å². The van der Waals surface area contributed by atoms with Crippen LogP contribution in [0.3, 0.4) is 0 Å². The van der Waals surface area contributed by atoms with Crippen molar-refractivity contribution in [2.45, 2.75) is 5.25 Å². The van der Waals surface area contributed by atoms with E-state index in [1.54, 1.807) is 0 Å². The molecule has 0 atom stereocenters. The smallest absolute Gasteiger partial charge is 0.313 e. The summed E-state index contributed by atoms with van der Waals surface area (Å²) in [5.41, 5.74) is 2.27. The summed E-state index contributed by atoms with van der Waals surface area (Å²) < 4.78 is 0. The van der Waals surface area contributed by atoms with Gasteiger partial charge in [-0.3, -0.25) is 4.79 Å². The Morgan fingerprint density at radius 1 is 0.944 bits per heavy atom. The van der Waals surface area contributed by atoms with Gasteiger partial charge in [-0.1, -0.05) is 60.7 Å². The first-order valence-electron chi connectivity index (χ1n) is 5.70. The average Bonchev–Trinajstić information content (AvgIpc) is 2.41. The molecular weight excluding hydrogens is 244 g/mol. The molecule has 0 aliphatic rings. The molecular formula is C15H14O2S. The number of carboxylic acid groups (broad SMARTS) is 1. The maximum Gasteiger partial charge on any atom is 0.313 e. The number of hydrogen-bond donors (Lipinski definition) is 1. The number of hydrogen-bond acceptors (Lipinski definition) is 2. The molecule has 0 aromatic heterocycles. The first kappa shape index (κ1) is 12.7. The van der Waals surface area contributed by atoms with Gasteiger partial charge in [0.05, 0.1) is 11.0 Å². The summed E-state index contributed by atoms with van der Waals surface area (Å²) in [6.45, 7) is 0. The SMILES string of the molecule is O=C(O)CSC(c1ccccc1)c1ccccc1. The molecule has 2 aromatic carbocycles. The molecule has 92 valence electrons. The highest BCUT2D eigenvalue weighted by atomic mass is 32.2. The van der Waals surface area contributed by atoms with Crippen LogP contribution < -0.4 is 0 Å². The number of benzene rings is 2. The van der Waals surface area contributed by atoms with Crippen molar-refractivity contribution in [2.75, 3.05) is 5.75 Å². The van der Waals surface area contributed by atoms with Crippen LogP contribution in [0, 0.1) is 0 Å². The van der Waals surface area contributed by atoms with Crippen molar-refractivity contribution in [2.24, 2.45) is 0 Å². The highest BCUT2D eigenvalue weighted by Gasteiger charge is 2.15. The Kier molecular flexibility index (Phi) is 4.42. The van der Waals surface area contributed by atoms with E-state index in [4.69, 9.17) is 5.11 Å². The highest BCUT2D eigenvalue weighted by Crippen LogP contribution is 2.35. The summed E-state index contributed by atoms with van der Waals surface area (Å²) in [4.78, 5) is 10.7. The molecule has 0 heterocycles. The summed E-state index contributed by atoms with van der Waals surface area (Å²) >= 11 is 1.44. The monoisotopic (exact) mass is 258 g/mol. The minimum atomic E-state index is -0.781. The third-order valence-corrected chi connectivity index (χ3v) is 3.87. The maximum absolute atomic E-state index is 10.7. The Balaban J connectivity index is 2.26. The fourth-order valence-corrected chi connectivity index (χ4v) is 2.80. The summed E-state index contributed by atoms with van der Waals surface area (Å²) in [6, 6.07) is 20.0. The van der Waals surface area contributed by atoms with Crippen molar-refractivity contribution in [1.82, 2.24) is 0 Å². The molecule has 0 aliphatic carbocycles. The van der Waals surface area contributed by atoms with Gasteiger partial charge < -0.3 is 5.11 Å². The Morgan fingerprint density at radius 3 is 1.78 bits per heavy atom. The lowest BCUT2D eigenvalue weighted by atomic mass is 10.0. The van der Waals surface area contributed by atoms with Crippen LogP contribution in [-0.4, -0.2) is 16.8 Å². The van der Waals surface area contributed by atoms with E-state index in [1.807, 2.05) is 60.7 Å². The third kappa shape index (κ3) is 3.37. The normalized spacial score (nSPS) is 10.5. The van der Waals surface area contributed by atoms with Crippen LogP contribution in [0.4, 0.5) is 0 Å². The fourth-order valence-electron chi connectivity index (χ4n) is 1.80. The quantitative estimate of drug-likeness (QED) is 0.890. The lowest BCUT2D eigenvalue weighted by molar-refractivity contribution is -0.133. The van der Waals surface area contributed by atoms with E-state index in [1.165, 1.54) is 11.8 Å². The van der Waals surface area contributed by atoms with Crippen LogP contribution in [0.1, 0.15) is 16.4 Å². The molecule has 0 radical (unpaired) electrons. The zero-order valence-electron chi connectivity index (χ0n) is 9.82. The molecule has 0 amide bonds. The van der Waals surface area contributed by atoms with E-state index >= 15 is 0 Å². The standard InChI is InChI=1S/C15H14O2S/c16-14(17)11-18-15(12-7-3-1-4-8-12)13-9-5-2-6-10-13/h1-10,15H,11H2,(H,16,17). The Morgan fingerprint density at radius 2 is 1.39 bits per heavy atom. The van der Waals surface area contributed by atoms with Gasteiger partial charge >= 0.3 is 5.97 Å². The van der Waals surface area contributed by atoms with Crippen LogP contribution in [0.5, 0.6) is 0 Å². The fraction of sp³-hybridized carbons (Fsp3) is 0.133. The molecule has 18 heavy (non-hydrogen) atoms. The Hall–Kier alpha value is -1.74. The second-order valence-corrected chi connectivity index (χ2v) is 5.00. The molecule has 0 saturated heterocycles. The van der Waals surface area contributed by atoms with Crippen molar-refractivity contribution < 1.29 is 9.90 Å². The zero-order valence-corrected chi connectivity index (χ0v) is 10.6. The molecule has 3 heteroatoms. The maximum atomic E-state index is 10.7. The highest BCUT2D eigenvalue weighted by molar-refractivity contribution is 8.00. The first-order valence-corrected chi connectivity index (χ1v) is 6.75. The molecule has 0 fully saturated rings. The summed E-state index contributed by atoms with van der Waals surface area (Å²) in [7, 11) is 0. The molecule has 0 saturated carbocycles. The summed E-state index contributed by atoms with van der Waals surface area (Å²) in [5.74, 6) is -0.675. The molecule has 2 rings (SSSR count). The molecule has 0 bridgehead atoms. The van der Waals surface area contributed by atoms with E-state index in [9.17, 15) is 4.79 Å². The molecule has 0 spiro atoms. The van der Waals surface area contributed by atoms with Gasteiger partial charge in [0.2, 0.25) is 0 Å². The van der Waals surface area contributed by atoms with Crippen molar-refractivity contribution >= 4 is 17.7 Å². The van der Waals surface area contributed by atoms with Gasteiger partial charge in [-0.15, -0.1) is 11.8 Å². The zero-order chi connectivity index (χ0) is 12.8. The van der Waals surface area contributed by atoms with E-state index in [2.05, 4.69) is 0 Å². The second-order valence-electron chi connectivity index (χ2n) is 3.91.